The minimum atomic E-state index is 0.716. The van der Waals surface area contributed by atoms with Gasteiger partial charge in [-0.15, -0.1) is 0 Å². The lowest BCUT2D eigenvalue weighted by atomic mass is 9.93. The highest BCUT2D eigenvalue weighted by molar-refractivity contribution is 5.19. The molecule has 1 aromatic carbocycles. The summed E-state index contributed by atoms with van der Waals surface area (Å²) in [4.78, 5) is 0. The summed E-state index contributed by atoms with van der Waals surface area (Å²) in [6.07, 6.45) is 2.46. The van der Waals surface area contributed by atoms with Crippen LogP contribution in [0.1, 0.15) is 31.2 Å². The maximum Gasteiger partial charge on any atom is -0.00461 e. The van der Waals surface area contributed by atoms with E-state index in [0.29, 0.717) is 5.92 Å². The molecule has 0 fully saturated rings. The fourth-order valence-corrected chi connectivity index (χ4v) is 1.65. The first-order chi connectivity index (χ1) is 6.38. The van der Waals surface area contributed by atoms with Crippen LogP contribution in [0.2, 0.25) is 0 Å². The highest BCUT2D eigenvalue weighted by Gasteiger charge is 2.06. The van der Waals surface area contributed by atoms with Gasteiger partial charge < -0.3 is 5.32 Å². The van der Waals surface area contributed by atoms with E-state index in [2.05, 4.69) is 42.6 Å². The lowest BCUT2D eigenvalue weighted by Crippen LogP contribution is -2.11. The Morgan fingerprint density at radius 3 is 2.46 bits per heavy atom. The van der Waals surface area contributed by atoms with Crippen molar-refractivity contribution in [1.29, 1.82) is 0 Å². The molecule has 0 bridgehead atoms. The first-order valence-corrected chi connectivity index (χ1v) is 5.08. The lowest BCUT2D eigenvalue weighted by Gasteiger charge is -2.14. The van der Waals surface area contributed by atoms with E-state index >= 15 is 0 Å². The number of nitrogens with one attached hydrogen (secondary N) is 1. The summed E-state index contributed by atoms with van der Waals surface area (Å²) in [6, 6.07) is 10.8. The van der Waals surface area contributed by atoms with Gasteiger partial charge in [-0.2, -0.15) is 0 Å². The topological polar surface area (TPSA) is 12.0 Å². The Kier molecular flexibility index (Phi) is 4.55. The zero-order valence-corrected chi connectivity index (χ0v) is 8.59. The molecule has 0 aromatic heterocycles. The van der Waals surface area contributed by atoms with E-state index in [4.69, 9.17) is 0 Å². The monoisotopic (exact) mass is 177 g/mol. The molecule has 0 spiro atoms. The molecule has 1 N–H and O–H groups in total. The highest BCUT2D eigenvalue weighted by Crippen LogP contribution is 2.21. The molecule has 0 radical (unpaired) electrons. The molecule has 0 aliphatic carbocycles. The van der Waals surface area contributed by atoms with Crippen LogP contribution in [0, 0.1) is 0 Å². The zero-order valence-electron chi connectivity index (χ0n) is 8.59. The maximum atomic E-state index is 3.20. The van der Waals surface area contributed by atoms with Crippen molar-refractivity contribution in [3.05, 3.63) is 35.9 Å². The van der Waals surface area contributed by atoms with Gasteiger partial charge in [0, 0.05) is 0 Å². The van der Waals surface area contributed by atoms with Crippen molar-refractivity contribution < 1.29 is 0 Å². The van der Waals surface area contributed by atoms with Gasteiger partial charge in [-0.05, 0) is 37.9 Å². The van der Waals surface area contributed by atoms with E-state index in [1.54, 1.807) is 0 Å². The predicted molar refractivity (Wildman–Crippen MR) is 58.0 cm³/mol. The predicted octanol–water partition coefficient (Wildman–Crippen LogP) is 2.79. The van der Waals surface area contributed by atoms with Gasteiger partial charge in [-0.1, -0.05) is 37.3 Å². The van der Waals surface area contributed by atoms with Gasteiger partial charge in [0.2, 0.25) is 0 Å². The second-order valence-electron chi connectivity index (χ2n) is 3.41. The molecule has 0 saturated carbocycles. The van der Waals surface area contributed by atoms with Crippen molar-refractivity contribution in [3.8, 4) is 0 Å². The summed E-state index contributed by atoms with van der Waals surface area (Å²) >= 11 is 0. The fourth-order valence-electron chi connectivity index (χ4n) is 1.65. The number of hydrogen-bond acceptors (Lipinski definition) is 1. The molecule has 72 valence electrons. The van der Waals surface area contributed by atoms with Gasteiger partial charge in [0.15, 0.2) is 0 Å². The Hall–Kier alpha value is -0.820. The molecule has 0 aliphatic heterocycles. The van der Waals surface area contributed by atoms with Crippen molar-refractivity contribution in [2.75, 3.05) is 13.6 Å². The van der Waals surface area contributed by atoms with Gasteiger partial charge >= 0.3 is 0 Å². The highest BCUT2D eigenvalue weighted by atomic mass is 14.8. The average molecular weight is 177 g/mol. The van der Waals surface area contributed by atoms with E-state index in [9.17, 15) is 0 Å². The molecule has 0 aliphatic rings. The van der Waals surface area contributed by atoms with E-state index in [1.807, 2.05) is 7.05 Å². The quantitative estimate of drug-likeness (QED) is 0.729. The molecular weight excluding hydrogens is 158 g/mol. The van der Waals surface area contributed by atoms with Crippen LogP contribution in [0.3, 0.4) is 0 Å². The molecule has 1 unspecified atom stereocenters. The number of benzene rings is 1. The van der Waals surface area contributed by atoms with Gasteiger partial charge in [0.25, 0.3) is 0 Å². The summed E-state index contributed by atoms with van der Waals surface area (Å²) in [6.45, 7) is 3.36. The van der Waals surface area contributed by atoms with Gasteiger partial charge in [-0.3, -0.25) is 0 Å². The second-order valence-corrected chi connectivity index (χ2v) is 3.41. The summed E-state index contributed by atoms with van der Waals surface area (Å²) < 4.78 is 0. The third-order valence-electron chi connectivity index (χ3n) is 2.51. The Labute approximate surface area is 81.2 Å². The van der Waals surface area contributed by atoms with Gasteiger partial charge in [-0.25, -0.2) is 0 Å². The molecule has 1 rings (SSSR count). The molecule has 0 saturated heterocycles. The maximum absolute atomic E-state index is 3.20. The van der Waals surface area contributed by atoms with Crippen LogP contribution in [0.25, 0.3) is 0 Å². The Balaban J connectivity index is 2.56. The van der Waals surface area contributed by atoms with E-state index < -0.39 is 0 Å². The summed E-state index contributed by atoms with van der Waals surface area (Å²) in [7, 11) is 2.01. The molecule has 1 heteroatoms. The minimum absolute atomic E-state index is 0.716. The van der Waals surface area contributed by atoms with Crippen molar-refractivity contribution in [3.63, 3.8) is 0 Å². The van der Waals surface area contributed by atoms with Gasteiger partial charge in [0.05, 0.1) is 0 Å². The summed E-state index contributed by atoms with van der Waals surface area (Å²) in [5.74, 6) is 0.716. The van der Waals surface area contributed by atoms with Crippen molar-refractivity contribution in [2.45, 2.75) is 25.7 Å². The second kappa shape index (κ2) is 5.76. The third kappa shape index (κ3) is 3.19. The summed E-state index contributed by atoms with van der Waals surface area (Å²) in [5.41, 5.74) is 1.47. The average Bonchev–Trinajstić information content (AvgIpc) is 2.21. The lowest BCUT2D eigenvalue weighted by molar-refractivity contribution is 0.581. The van der Waals surface area contributed by atoms with Crippen molar-refractivity contribution >= 4 is 0 Å². The Morgan fingerprint density at radius 1 is 1.23 bits per heavy atom. The summed E-state index contributed by atoms with van der Waals surface area (Å²) in [5, 5.41) is 3.20. The number of hydrogen-bond donors (Lipinski definition) is 1. The number of rotatable bonds is 5. The SMILES string of the molecule is CCC(CCNC)c1ccccc1. The standard InChI is InChI=1S/C12H19N/c1-3-11(9-10-13-2)12-7-5-4-6-8-12/h4-8,11,13H,3,9-10H2,1-2H3. The normalized spacial score (nSPS) is 12.8. The first kappa shape index (κ1) is 10.3. The molecule has 0 amide bonds. The minimum Gasteiger partial charge on any atom is -0.320 e. The zero-order chi connectivity index (χ0) is 9.52. The fraction of sp³-hybridized carbons (Fsp3) is 0.500. The Bertz CT molecular complexity index is 218. The molecular formula is C12H19N. The van der Waals surface area contributed by atoms with Crippen LogP contribution in [0.5, 0.6) is 0 Å². The van der Waals surface area contributed by atoms with E-state index in [0.717, 1.165) is 6.54 Å². The Morgan fingerprint density at radius 2 is 1.92 bits per heavy atom. The molecule has 13 heavy (non-hydrogen) atoms. The molecule has 1 nitrogen and oxygen atoms in total. The smallest absolute Gasteiger partial charge is 0.00461 e. The van der Waals surface area contributed by atoms with Crippen LogP contribution in [0.4, 0.5) is 0 Å². The first-order valence-electron chi connectivity index (χ1n) is 5.08. The van der Waals surface area contributed by atoms with Crippen LogP contribution < -0.4 is 5.32 Å². The largest absolute Gasteiger partial charge is 0.320 e. The molecule has 0 heterocycles. The molecule has 1 atom stereocenters. The van der Waals surface area contributed by atoms with Crippen LogP contribution in [-0.2, 0) is 0 Å². The van der Waals surface area contributed by atoms with Gasteiger partial charge in [0.1, 0.15) is 0 Å². The van der Waals surface area contributed by atoms with Crippen molar-refractivity contribution in [2.24, 2.45) is 0 Å². The van der Waals surface area contributed by atoms with Crippen molar-refractivity contribution in [1.82, 2.24) is 5.32 Å². The van der Waals surface area contributed by atoms with Crippen LogP contribution >= 0.6 is 0 Å². The van der Waals surface area contributed by atoms with Crippen LogP contribution in [-0.4, -0.2) is 13.6 Å². The molecule has 1 aromatic rings. The third-order valence-corrected chi connectivity index (χ3v) is 2.51. The van der Waals surface area contributed by atoms with Crippen LogP contribution in [0.15, 0.2) is 30.3 Å². The van der Waals surface area contributed by atoms with E-state index in [1.165, 1.54) is 18.4 Å². The van der Waals surface area contributed by atoms with E-state index in [-0.39, 0.29) is 0 Å².